The predicted octanol–water partition coefficient (Wildman–Crippen LogP) is 4.89. The van der Waals surface area contributed by atoms with Crippen molar-refractivity contribution in [1.82, 2.24) is 0 Å². The van der Waals surface area contributed by atoms with E-state index in [9.17, 15) is 8.42 Å². The summed E-state index contributed by atoms with van der Waals surface area (Å²) in [6.07, 6.45) is 1.03. The smallest absolute Gasteiger partial charge is 0.264 e. The van der Waals surface area contributed by atoms with E-state index >= 15 is 0 Å². The summed E-state index contributed by atoms with van der Waals surface area (Å²) in [6, 6.07) is 26.3. The molecule has 0 aliphatic carbocycles. The Hall–Kier alpha value is -1.96. The first-order valence-corrected chi connectivity index (χ1v) is 14.5. The van der Waals surface area contributed by atoms with Crippen LogP contribution in [-0.2, 0) is 31.9 Å². The molecule has 170 valence electrons. The highest BCUT2D eigenvalue weighted by Gasteiger charge is 2.50. The summed E-state index contributed by atoms with van der Waals surface area (Å²) in [6.45, 7) is 6.99. The highest BCUT2D eigenvalue weighted by atomic mass is 35.5. The van der Waals surface area contributed by atoms with Gasteiger partial charge >= 0.3 is 0 Å². The summed E-state index contributed by atoms with van der Waals surface area (Å²) in [4.78, 5) is 0. The van der Waals surface area contributed by atoms with Crippen LogP contribution in [0.5, 0.6) is 0 Å². The third-order valence-electron chi connectivity index (χ3n) is 5.42. The number of hydrogen-bond donors (Lipinski definition) is 0. The van der Waals surface area contributed by atoms with E-state index in [2.05, 4.69) is 69.3 Å². The molecule has 0 atom stereocenters. The van der Waals surface area contributed by atoms with Crippen LogP contribution >= 0.6 is 11.6 Å². The molecule has 0 saturated heterocycles. The minimum atomic E-state index is -3.51. The van der Waals surface area contributed by atoms with Gasteiger partial charge in [0, 0.05) is 5.02 Å². The molecular weight excluding hydrogens is 460 g/mol. The number of rotatable bonds is 8. The Balaban J connectivity index is 1.97. The van der Waals surface area contributed by atoms with E-state index < -0.39 is 18.4 Å². The number of halogens is 1. The number of benzene rings is 3. The lowest BCUT2D eigenvalue weighted by Crippen LogP contribution is -2.66. The Morgan fingerprint density at radius 3 is 1.81 bits per heavy atom. The van der Waals surface area contributed by atoms with Crippen molar-refractivity contribution >= 4 is 40.4 Å². The lowest BCUT2D eigenvalue weighted by atomic mass is 10.1. The third-order valence-corrected chi connectivity index (χ3v) is 11.3. The molecule has 0 heterocycles. The lowest BCUT2D eigenvalue weighted by Gasteiger charge is -2.43. The van der Waals surface area contributed by atoms with E-state index in [4.69, 9.17) is 20.2 Å². The minimum Gasteiger partial charge on any atom is -0.403 e. The Bertz CT molecular complexity index is 1100. The molecule has 0 N–H and O–H groups in total. The molecule has 3 aromatic rings. The summed E-state index contributed by atoms with van der Waals surface area (Å²) in [5, 5.41) is 2.80. The van der Waals surface area contributed by atoms with Crippen LogP contribution in [0.1, 0.15) is 31.9 Å². The topological polar surface area (TPSA) is 52.6 Å². The van der Waals surface area contributed by atoms with Crippen LogP contribution in [0.4, 0.5) is 0 Å². The molecule has 0 spiro atoms. The van der Waals surface area contributed by atoms with Gasteiger partial charge in [-0.25, -0.2) is 0 Å². The molecule has 0 bridgehead atoms. The van der Waals surface area contributed by atoms with Gasteiger partial charge in [0.2, 0.25) is 0 Å². The second kappa shape index (κ2) is 9.89. The standard InChI is InChI=1S/C25H29ClO4SSi/c1-25(2,3)32(22-11-7-5-8-12-22,23-13-9-6-10-14-23)30-19-21-16-15-20(17-24(21)26)18-29-31(4,27)28/h5-17H,18-19H2,1-4H3. The van der Waals surface area contributed by atoms with E-state index in [1.54, 1.807) is 6.07 Å². The quantitative estimate of drug-likeness (QED) is 0.334. The van der Waals surface area contributed by atoms with Crippen molar-refractivity contribution in [1.29, 1.82) is 0 Å². The maximum atomic E-state index is 11.3. The monoisotopic (exact) mass is 488 g/mol. The van der Waals surface area contributed by atoms with Crippen LogP contribution in [0, 0.1) is 0 Å². The van der Waals surface area contributed by atoms with E-state index in [0.29, 0.717) is 17.2 Å². The Morgan fingerprint density at radius 2 is 1.38 bits per heavy atom. The largest absolute Gasteiger partial charge is 0.403 e. The first-order valence-electron chi connectivity index (χ1n) is 10.4. The summed E-state index contributed by atoms with van der Waals surface area (Å²) in [7, 11) is -6.19. The second-order valence-corrected chi connectivity index (χ2v) is 15.2. The molecule has 32 heavy (non-hydrogen) atoms. The van der Waals surface area contributed by atoms with E-state index in [1.807, 2.05) is 24.3 Å². The zero-order chi connectivity index (χ0) is 23.4. The van der Waals surface area contributed by atoms with E-state index in [1.165, 1.54) is 10.4 Å². The van der Waals surface area contributed by atoms with Crippen LogP contribution in [0.3, 0.4) is 0 Å². The highest BCUT2D eigenvalue weighted by Crippen LogP contribution is 2.37. The van der Waals surface area contributed by atoms with Crippen molar-refractivity contribution < 1.29 is 17.0 Å². The maximum Gasteiger partial charge on any atom is 0.264 e. The first kappa shape index (κ1) is 24.7. The molecule has 0 fully saturated rings. The van der Waals surface area contributed by atoms with Gasteiger partial charge in [0.25, 0.3) is 18.4 Å². The molecule has 0 amide bonds. The maximum absolute atomic E-state index is 11.3. The SMILES string of the molecule is CC(C)(C)[Si](OCc1ccc(COS(C)(=O)=O)cc1Cl)(c1ccccc1)c1ccccc1. The molecule has 0 aromatic heterocycles. The average molecular weight is 489 g/mol. The van der Waals surface area contributed by atoms with Crippen molar-refractivity contribution in [3.8, 4) is 0 Å². The van der Waals surface area contributed by atoms with Crippen molar-refractivity contribution in [2.45, 2.75) is 39.0 Å². The fourth-order valence-corrected chi connectivity index (χ4v) is 9.06. The molecule has 4 nitrogen and oxygen atoms in total. The van der Waals surface area contributed by atoms with E-state index in [0.717, 1.165) is 11.8 Å². The normalized spacial score (nSPS) is 12.7. The molecular formula is C25H29ClO4SSi. The Labute approximate surface area is 197 Å². The second-order valence-electron chi connectivity index (χ2n) is 8.84. The zero-order valence-electron chi connectivity index (χ0n) is 18.8. The van der Waals surface area contributed by atoms with Gasteiger partial charge in [-0.15, -0.1) is 0 Å². The highest BCUT2D eigenvalue weighted by molar-refractivity contribution is 7.85. The van der Waals surface area contributed by atoms with Crippen molar-refractivity contribution in [3.05, 3.63) is 95.0 Å². The van der Waals surface area contributed by atoms with Crippen LogP contribution in [0.2, 0.25) is 10.1 Å². The van der Waals surface area contributed by atoms with Gasteiger partial charge in [0.05, 0.1) is 19.5 Å². The fourth-order valence-electron chi connectivity index (χ4n) is 3.92. The molecule has 7 heteroatoms. The van der Waals surface area contributed by atoms with Gasteiger partial charge in [0.15, 0.2) is 0 Å². The molecule has 0 aliphatic heterocycles. The third kappa shape index (κ3) is 5.69. The Morgan fingerprint density at radius 1 is 0.844 bits per heavy atom. The Kier molecular flexibility index (Phi) is 7.63. The summed E-state index contributed by atoms with van der Waals surface area (Å²) < 4.78 is 34.3. The van der Waals surface area contributed by atoms with Crippen molar-refractivity contribution in [3.63, 3.8) is 0 Å². The van der Waals surface area contributed by atoms with Gasteiger partial charge in [-0.05, 0) is 32.6 Å². The zero-order valence-corrected chi connectivity index (χ0v) is 21.4. The molecule has 3 rings (SSSR count). The van der Waals surface area contributed by atoms with Gasteiger partial charge in [-0.2, -0.15) is 8.42 Å². The average Bonchev–Trinajstić information content (AvgIpc) is 2.74. The predicted molar refractivity (Wildman–Crippen MR) is 133 cm³/mol. The first-order chi connectivity index (χ1) is 15.0. The molecule has 3 aromatic carbocycles. The molecule has 0 unspecified atom stereocenters. The van der Waals surface area contributed by atoms with Crippen LogP contribution in [-0.4, -0.2) is 23.0 Å². The van der Waals surface area contributed by atoms with Gasteiger partial charge < -0.3 is 4.43 Å². The van der Waals surface area contributed by atoms with Gasteiger partial charge in [-0.3, -0.25) is 4.18 Å². The van der Waals surface area contributed by atoms with Gasteiger partial charge in [0.1, 0.15) is 0 Å². The van der Waals surface area contributed by atoms with Crippen LogP contribution < -0.4 is 10.4 Å². The molecule has 0 aliphatic rings. The van der Waals surface area contributed by atoms with Crippen LogP contribution in [0.15, 0.2) is 78.9 Å². The minimum absolute atomic E-state index is 0.0472. The van der Waals surface area contributed by atoms with Crippen molar-refractivity contribution in [2.75, 3.05) is 6.26 Å². The molecule has 0 saturated carbocycles. The van der Waals surface area contributed by atoms with Crippen LogP contribution in [0.25, 0.3) is 0 Å². The van der Waals surface area contributed by atoms with Gasteiger partial charge in [-0.1, -0.05) is 105 Å². The summed E-state index contributed by atoms with van der Waals surface area (Å²) in [5.74, 6) is 0. The van der Waals surface area contributed by atoms with E-state index in [-0.39, 0.29) is 11.6 Å². The summed E-state index contributed by atoms with van der Waals surface area (Å²) in [5.41, 5.74) is 1.54. The molecule has 0 radical (unpaired) electrons. The summed E-state index contributed by atoms with van der Waals surface area (Å²) >= 11 is 6.54. The number of hydrogen-bond acceptors (Lipinski definition) is 4. The fraction of sp³-hybridized carbons (Fsp3) is 0.280. The van der Waals surface area contributed by atoms with Crippen molar-refractivity contribution in [2.24, 2.45) is 0 Å². The lowest BCUT2D eigenvalue weighted by molar-refractivity contribution is 0.286.